The third-order valence-electron chi connectivity index (χ3n) is 4.72. The van der Waals surface area contributed by atoms with Crippen LogP contribution in [0.2, 0.25) is 0 Å². The number of anilines is 1. The molecule has 1 fully saturated rings. The zero-order chi connectivity index (χ0) is 21.3. The fraction of sp³-hybridized carbons (Fsp3) is 0.364. The summed E-state index contributed by atoms with van der Waals surface area (Å²) in [7, 11) is 0. The summed E-state index contributed by atoms with van der Waals surface area (Å²) in [6, 6.07) is 12.8. The molecule has 3 rings (SSSR count). The van der Waals surface area contributed by atoms with E-state index in [4.69, 9.17) is 9.47 Å². The molecule has 160 valence electrons. The van der Waals surface area contributed by atoms with Gasteiger partial charge in [-0.1, -0.05) is 0 Å². The molecule has 1 heterocycles. The molecule has 7 nitrogen and oxygen atoms in total. The Kier molecular flexibility index (Phi) is 7.62. The number of carbonyl (C=O) groups is 2. The molecular formula is C22H26FN3O4. The van der Waals surface area contributed by atoms with Crippen molar-refractivity contribution >= 4 is 17.5 Å². The second-order valence-electron chi connectivity index (χ2n) is 6.91. The molecule has 0 unspecified atom stereocenters. The van der Waals surface area contributed by atoms with Gasteiger partial charge in [-0.3, -0.25) is 14.5 Å². The first-order chi connectivity index (χ1) is 14.5. The minimum absolute atomic E-state index is 0.0287. The predicted molar refractivity (Wildman–Crippen MR) is 111 cm³/mol. The Hall–Kier alpha value is -3.13. The molecule has 0 radical (unpaired) electrons. The van der Waals surface area contributed by atoms with E-state index in [9.17, 15) is 14.0 Å². The largest absolute Gasteiger partial charge is 0.494 e. The van der Waals surface area contributed by atoms with Gasteiger partial charge in [0.2, 0.25) is 5.91 Å². The molecule has 0 atom stereocenters. The van der Waals surface area contributed by atoms with E-state index in [1.807, 2.05) is 11.8 Å². The first-order valence-electron chi connectivity index (χ1n) is 9.94. The van der Waals surface area contributed by atoms with E-state index in [1.165, 1.54) is 24.3 Å². The van der Waals surface area contributed by atoms with Crippen molar-refractivity contribution in [3.05, 3.63) is 54.3 Å². The molecule has 0 aromatic heterocycles. The van der Waals surface area contributed by atoms with Crippen LogP contribution in [0.15, 0.2) is 48.5 Å². The van der Waals surface area contributed by atoms with Crippen LogP contribution in [0.4, 0.5) is 10.1 Å². The zero-order valence-electron chi connectivity index (χ0n) is 17.0. The van der Waals surface area contributed by atoms with Crippen LogP contribution in [0.5, 0.6) is 11.5 Å². The van der Waals surface area contributed by atoms with Crippen LogP contribution in [0.1, 0.15) is 6.92 Å². The summed E-state index contributed by atoms with van der Waals surface area (Å²) >= 11 is 0. The Morgan fingerprint density at radius 1 is 0.933 bits per heavy atom. The summed E-state index contributed by atoms with van der Waals surface area (Å²) in [5.74, 6) is 0.776. The number of hydrogen-bond donors (Lipinski definition) is 1. The summed E-state index contributed by atoms with van der Waals surface area (Å²) in [6.07, 6.45) is 0. The van der Waals surface area contributed by atoms with Gasteiger partial charge in [0.15, 0.2) is 6.61 Å². The van der Waals surface area contributed by atoms with Crippen molar-refractivity contribution in [2.24, 2.45) is 0 Å². The highest BCUT2D eigenvalue weighted by Gasteiger charge is 2.22. The highest BCUT2D eigenvalue weighted by molar-refractivity contribution is 5.92. The van der Waals surface area contributed by atoms with Gasteiger partial charge in [-0.25, -0.2) is 4.39 Å². The molecule has 30 heavy (non-hydrogen) atoms. The van der Waals surface area contributed by atoms with Crippen molar-refractivity contribution in [1.29, 1.82) is 0 Å². The molecule has 0 bridgehead atoms. The molecule has 1 aliphatic rings. The van der Waals surface area contributed by atoms with Gasteiger partial charge >= 0.3 is 0 Å². The summed E-state index contributed by atoms with van der Waals surface area (Å²) in [5, 5.41) is 2.74. The average Bonchev–Trinajstić information content (AvgIpc) is 2.75. The van der Waals surface area contributed by atoms with Crippen molar-refractivity contribution < 1.29 is 23.5 Å². The minimum atomic E-state index is -0.347. The predicted octanol–water partition coefficient (Wildman–Crippen LogP) is 2.39. The van der Waals surface area contributed by atoms with Gasteiger partial charge in [-0.15, -0.1) is 0 Å². The summed E-state index contributed by atoms with van der Waals surface area (Å²) in [4.78, 5) is 28.3. The second-order valence-corrected chi connectivity index (χ2v) is 6.91. The number of rotatable bonds is 8. The number of benzene rings is 2. The lowest BCUT2D eigenvalue weighted by Crippen LogP contribution is -2.51. The highest BCUT2D eigenvalue weighted by atomic mass is 19.1. The molecular weight excluding hydrogens is 389 g/mol. The summed E-state index contributed by atoms with van der Waals surface area (Å²) in [6.45, 7) is 4.99. The van der Waals surface area contributed by atoms with Gasteiger partial charge in [0.1, 0.15) is 17.3 Å². The van der Waals surface area contributed by atoms with Crippen molar-refractivity contribution in [3.63, 3.8) is 0 Å². The van der Waals surface area contributed by atoms with Crippen molar-refractivity contribution in [1.82, 2.24) is 9.80 Å². The Balaban J connectivity index is 1.37. The molecule has 8 heteroatoms. The van der Waals surface area contributed by atoms with E-state index < -0.39 is 0 Å². The molecule has 2 amide bonds. The Morgan fingerprint density at radius 2 is 1.53 bits per heavy atom. The maximum Gasteiger partial charge on any atom is 0.260 e. The third-order valence-corrected chi connectivity index (χ3v) is 4.72. The van der Waals surface area contributed by atoms with E-state index in [0.29, 0.717) is 44.2 Å². The summed E-state index contributed by atoms with van der Waals surface area (Å²) in [5.41, 5.74) is 0.557. The van der Waals surface area contributed by atoms with E-state index in [1.54, 1.807) is 29.2 Å². The number of nitrogens with one attached hydrogen (secondary N) is 1. The first kappa shape index (κ1) is 21.6. The van der Waals surface area contributed by atoms with Crippen LogP contribution in [-0.2, 0) is 9.59 Å². The maximum absolute atomic E-state index is 12.9. The number of amides is 2. The minimum Gasteiger partial charge on any atom is -0.494 e. The number of carbonyl (C=O) groups excluding carboxylic acids is 2. The lowest BCUT2D eigenvalue weighted by molar-refractivity contribution is -0.135. The number of ether oxygens (including phenoxy) is 2. The van der Waals surface area contributed by atoms with Gasteiger partial charge in [-0.2, -0.15) is 0 Å². The molecule has 1 aliphatic heterocycles. The van der Waals surface area contributed by atoms with Gasteiger partial charge < -0.3 is 19.7 Å². The average molecular weight is 415 g/mol. The molecule has 0 spiro atoms. The van der Waals surface area contributed by atoms with Crippen molar-refractivity contribution in [2.45, 2.75) is 6.92 Å². The third kappa shape index (κ3) is 6.45. The van der Waals surface area contributed by atoms with E-state index in [2.05, 4.69) is 5.32 Å². The van der Waals surface area contributed by atoms with Crippen LogP contribution in [0.25, 0.3) is 0 Å². The van der Waals surface area contributed by atoms with Crippen molar-refractivity contribution in [3.8, 4) is 11.5 Å². The Bertz CT molecular complexity index is 834. The molecule has 0 aliphatic carbocycles. The standard InChI is InChI=1S/C22H26FN3O4/c1-2-29-19-7-9-20(10-8-19)30-16-22(28)26-13-11-25(12-14-26)15-21(27)24-18-5-3-17(23)4-6-18/h3-10H,2,11-16H2,1H3,(H,24,27). The molecule has 2 aromatic rings. The SMILES string of the molecule is CCOc1ccc(OCC(=O)N2CCN(CC(=O)Nc3ccc(F)cc3)CC2)cc1. The topological polar surface area (TPSA) is 71.1 Å². The number of hydrogen-bond acceptors (Lipinski definition) is 5. The first-order valence-corrected chi connectivity index (χ1v) is 9.94. The van der Waals surface area contributed by atoms with E-state index in [-0.39, 0.29) is 30.8 Å². The normalized spacial score (nSPS) is 14.3. The van der Waals surface area contributed by atoms with Gasteiger partial charge in [0.05, 0.1) is 13.2 Å². The quantitative estimate of drug-likeness (QED) is 0.717. The number of halogens is 1. The lowest BCUT2D eigenvalue weighted by Gasteiger charge is -2.34. The lowest BCUT2D eigenvalue weighted by atomic mass is 10.3. The highest BCUT2D eigenvalue weighted by Crippen LogP contribution is 2.17. The van der Waals surface area contributed by atoms with Crippen LogP contribution in [0, 0.1) is 5.82 Å². The van der Waals surface area contributed by atoms with Gasteiger partial charge in [0, 0.05) is 31.9 Å². The molecule has 2 aromatic carbocycles. The van der Waals surface area contributed by atoms with Gasteiger partial charge in [0.25, 0.3) is 5.91 Å². The Labute approximate surface area is 175 Å². The molecule has 0 saturated carbocycles. The fourth-order valence-corrected chi connectivity index (χ4v) is 3.13. The zero-order valence-corrected chi connectivity index (χ0v) is 17.0. The fourth-order valence-electron chi connectivity index (χ4n) is 3.13. The Morgan fingerprint density at radius 3 is 2.13 bits per heavy atom. The molecule has 1 N–H and O–H groups in total. The van der Waals surface area contributed by atoms with Crippen LogP contribution in [-0.4, -0.2) is 67.6 Å². The summed E-state index contributed by atoms with van der Waals surface area (Å²) < 4.78 is 23.9. The maximum atomic E-state index is 12.9. The van der Waals surface area contributed by atoms with Crippen LogP contribution >= 0.6 is 0 Å². The van der Waals surface area contributed by atoms with Crippen molar-refractivity contribution in [2.75, 3.05) is 51.3 Å². The molecule has 1 saturated heterocycles. The van der Waals surface area contributed by atoms with E-state index in [0.717, 1.165) is 5.75 Å². The van der Waals surface area contributed by atoms with E-state index >= 15 is 0 Å². The number of piperazine rings is 1. The van der Waals surface area contributed by atoms with Gasteiger partial charge in [-0.05, 0) is 55.5 Å². The monoisotopic (exact) mass is 415 g/mol. The second kappa shape index (κ2) is 10.6. The number of nitrogens with zero attached hydrogens (tertiary/aromatic N) is 2. The smallest absolute Gasteiger partial charge is 0.260 e. The van der Waals surface area contributed by atoms with Crippen LogP contribution in [0.3, 0.4) is 0 Å². The van der Waals surface area contributed by atoms with Crippen LogP contribution < -0.4 is 14.8 Å².